The Morgan fingerprint density at radius 3 is 2.67 bits per heavy atom. The van der Waals surface area contributed by atoms with E-state index >= 15 is 0 Å². The molecule has 0 amide bonds. The molecular formula is C12H24N2O. The van der Waals surface area contributed by atoms with Crippen LogP contribution in [0.5, 0.6) is 0 Å². The van der Waals surface area contributed by atoms with Gasteiger partial charge in [-0.3, -0.25) is 0 Å². The number of likely N-dealkylation sites (N-methyl/N-ethyl adjacent to an activating group) is 1. The lowest BCUT2D eigenvalue weighted by atomic mass is 9.91. The average molecular weight is 212 g/mol. The van der Waals surface area contributed by atoms with Crippen LogP contribution in [0, 0.1) is 0 Å². The molecule has 0 spiro atoms. The molecule has 3 heteroatoms. The third-order valence-electron chi connectivity index (χ3n) is 3.80. The lowest BCUT2D eigenvalue weighted by molar-refractivity contribution is 0.0767. The van der Waals surface area contributed by atoms with E-state index < -0.39 is 0 Å². The summed E-state index contributed by atoms with van der Waals surface area (Å²) in [5.74, 6) is 0. The van der Waals surface area contributed by atoms with Gasteiger partial charge in [0, 0.05) is 18.6 Å². The fourth-order valence-corrected chi connectivity index (χ4v) is 2.91. The SMILES string of the molecule is CN1CCCC(NC2CCCCC2O)C1. The maximum Gasteiger partial charge on any atom is 0.0693 e. The topological polar surface area (TPSA) is 35.5 Å². The van der Waals surface area contributed by atoms with E-state index in [1.54, 1.807) is 0 Å². The van der Waals surface area contributed by atoms with Crippen molar-refractivity contribution in [2.45, 2.75) is 56.7 Å². The van der Waals surface area contributed by atoms with Crippen LogP contribution in [0.4, 0.5) is 0 Å². The molecule has 2 aliphatic rings. The van der Waals surface area contributed by atoms with Crippen LogP contribution in [0.2, 0.25) is 0 Å². The predicted molar refractivity (Wildman–Crippen MR) is 61.9 cm³/mol. The third kappa shape index (κ3) is 3.16. The summed E-state index contributed by atoms with van der Waals surface area (Å²) in [6.07, 6.45) is 7.07. The van der Waals surface area contributed by atoms with Gasteiger partial charge in [0.2, 0.25) is 0 Å². The Morgan fingerprint density at radius 1 is 1.13 bits per heavy atom. The number of hydrogen-bond donors (Lipinski definition) is 2. The molecule has 88 valence electrons. The van der Waals surface area contributed by atoms with Gasteiger partial charge in [0.05, 0.1) is 6.10 Å². The summed E-state index contributed by atoms with van der Waals surface area (Å²) in [5, 5.41) is 13.5. The molecule has 3 unspecified atom stereocenters. The van der Waals surface area contributed by atoms with Crippen molar-refractivity contribution in [3.63, 3.8) is 0 Å². The second-order valence-electron chi connectivity index (χ2n) is 5.23. The number of piperidine rings is 1. The van der Waals surface area contributed by atoms with Crippen LogP contribution in [0.25, 0.3) is 0 Å². The zero-order valence-corrected chi connectivity index (χ0v) is 9.78. The van der Waals surface area contributed by atoms with E-state index in [1.807, 2.05) is 0 Å². The first kappa shape index (κ1) is 11.4. The molecule has 3 atom stereocenters. The highest BCUT2D eigenvalue weighted by Crippen LogP contribution is 2.20. The molecular weight excluding hydrogens is 188 g/mol. The van der Waals surface area contributed by atoms with E-state index in [0.717, 1.165) is 19.4 Å². The number of likely N-dealkylation sites (tertiary alicyclic amines) is 1. The van der Waals surface area contributed by atoms with E-state index in [4.69, 9.17) is 0 Å². The minimum absolute atomic E-state index is 0.106. The van der Waals surface area contributed by atoms with E-state index in [-0.39, 0.29) is 6.10 Å². The van der Waals surface area contributed by atoms with Crippen molar-refractivity contribution in [3.05, 3.63) is 0 Å². The fourth-order valence-electron chi connectivity index (χ4n) is 2.91. The van der Waals surface area contributed by atoms with Crippen LogP contribution in [0.3, 0.4) is 0 Å². The Labute approximate surface area is 92.8 Å². The van der Waals surface area contributed by atoms with E-state index in [2.05, 4.69) is 17.3 Å². The van der Waals surface area contributed by atoms with Gasteiger partial charge in [0.15, 0.2) is 0 Å². The molecule has 0 aromatic heterocycles. The summed E-state index contributed by atoms with van der Waals surface area (Å²) in [4.78, 5) is 2.39. The summed E-state index contributed by atoms with van der Waals surface area (Å²) in [7, 11) is 2.19. The Bertz CT molecular complexity index is 198. The van der Waals surface area contributed by atoms with Crippen molar-refractivity contribution >= 4 is 0 Å². The van der Waals surface area contributed by atoms with Crippen molar-refractivity contribution in [1.82, 2.24) is 10.2 Å². The van der Waals surface area contributed by atoms with Crippen LogP contribution in [-0.4, -0.2) is 48.3 Å². The molecule has 1 saturated carbocycles. The summed E-state index contributed by atoms with van der Waals surface area (Å²) in [5.41, 5.74) is 0. The van der Waals surface area contributed by atoms with Gasteiger partial charge in [-0.25, -0.2) is 0 Å². The van der Waals surface area contributed by atoms with Crippen LogP contribution in [0.15, 0.2) is 0 Å². The second kappa shape index (κ2) is 5.28. The van der Waals surface area contributed by atoms with Crippen molar-refractivity contribution < 1.29 is 5.11 Å². The van der Waals surface area contributed by atoms with E-state index in [1.165, 1.54) is 32.2 Å². The van der Waals surface area contributed by atoms with Gasteiger partial charge < -0.3 is 15.3 Å². The number of nitrogens with zero attached hydrogens (tertiary/aromatic N) is 1. The maximum atomic E-state index is 9.89. The van der Waals surface area contributed by atoms with Crippen LogP contribution in [0.1, 0.15) is 38.5 Å². The van der Waals surface area contributed by atoms with Crippen molar-refractivity contribution in [1.29, 1.82) is 0 Å². The molecule has 1 aliphatic carbocycles. The van der Waals surface area contributed by atoms with Crippen LogP contribution < -0.4 is 5.32 Å². The zero-order valence-electron chi connectivity index (χ0n) is 9.78. The first-order valence-electron chi connectivity index (χ1n) is 6.38. The lowest BCUT2D eigenvalue weighted by Crippen LogP contribution is -2.52. The van der Waals surface area contributed by atoms with Crippen LogP contribution in [-0.2, 0) is 0 Å². The smallest absolute Gasteiger partial charge is 0.0693 e. The number of rotatable bonds is 2. The maximum absolute atomic E-state index is 9.89. The quantitative estimate of drug-likeness (QED) is 0.716. The molecule has 0 aromatic rings. The average Bonchev–Trinajstić information content (AvgIpc) is 2.22. The monoisotopic (exact) mass is 212 g/mol. The Hall–Kier alpha value is -0.120. The molecule has 1 saturated heterocycles. The molecule has 2 rings (SSSR count). The van der Waals surface area contributed by atoms with Crippen molar-refractivity contribution in [2.24, 2.45) is 0 Å². The highest BCUT2D eigenvalue weighted by molar-refractivity contribution is 4.86. The van der Waals surface area contributed by atoms with Gasteiger partial charge in [-0.15, -0.1) is 0 Å². The molecule has 0 aromatic carbocycles. The van der Waals surface area contributed by atoms with Crippen molar-refractivity contribution in [2.75, 3.05) is 20.1 Å². The number of aliphatic hydroxyl groups excluding tert-OH is 1. The van der Waals surface area contributed by atoms with Crippen molar-refractivity contribution in [3.8, 4) is 0 Å². The Balaban J connectivity index is 1.79. The summed E-state index contributed by atoms with van der Waals surface area (Å²) in [6.45, 7) is 2.37. The predicted octanol–water partition coefficient (Wildman–Crippen LogP) is 0.974. The normalized spacial score (nSPS) is 39.2. The van der Waals surface area contributed by atoms with Gasteiger partial charge in [-0.05, 0) is 39.3 Å². The highest BCUT2D eigenvalue weighted by atomic mass is 16.3. The lowest BCUT2D eigenvalue weighted by Gasteiger charge is -2.36. The standard InChI is InChI=1S/C12H24N2O/c1-14-8-4-5-10(9-14)13-11-6-2-3-7-12(11)15/h10-13,15H,2-9H2,1H3. The van der Waals surface area contributed by atoms with Gasteiger partial charge in [0.1, 0.15) is 0 Å². The Morgan fingerprint density at radius 2 is 1.93 bits per heavy atom. The largest absolute Gasteiger partial charge is 0.392 e. The third-order valence-corrected chi connectivity index (χ3v) is 3.80. The second-order valence-corrected chi connectivity index (χ2v) is 5.23. The Kier molecular flexibility index (Phi) is 4.00. The van der Waals surface area contributed by atoms with Gasteiger partial charge >= 0.3 is 0 Å². The molecule has 2 fully saturated rings. The molecule has 1 aliphatic heterocycles. The summed E-state index contributed by atoms with van der Waals surface area (Å²) < 4.78 is 0. The van der Waals surface area contributed by atoms with Gasteiger partial charge in [-0.1, -0.05) is 12.8 Å². The summed E-state index contributed by atoms with van der Waals surface area (Å²) >= 11 is 0. The minimum Gasteiger partial charge on any atom is -0.392 e. The molecule has 0 radical (unpaired) electrons. The number of hydrogen-bond acceptors (Lipinski definition) is 3. The molecule has 1 heterocycles. The van der Waals surface area contributed by atoms with E-state index in [9.17, 15) is 5.11 Å². The molecule has 0 bridgehead atoms. The molecule has 15 heavy (non-hydrogen) atoms. The molecule has 2 N–H and O–H groups in total. The van der Waals surface area contributed by atoms with Crippen LogP contribution >= 0.6 is 0 Å². The molecule has 3 nitrogen and oxygen atoms in total. The number of nitrogens with one attached hydrogen (secondary N) is 1. The highest BCUT2D eigenvalue weighted by Gasteiger charge is 2.26. The first-order chi connectivity index (χ1) is 7.25. The number of aliphatic hydroxyl groups is 1. The first-order valence-corrected chi connectivity index (χ1v) is 6.38. The van der Waals surface area contributed by atoms with Gasteiger partial charge in [-0.2, -0.15) is 0 Å². The zero-order chi connectivity index (χ0) is 10.7. The van der Waals surface area contributed by atoms with E-state index in [0.29, 0.717) is 12.1 Å². The minimum atomic E-state index is -0.106. The van der Waals surface area contributed by atoms with Gasteiger partial charge in [0.25, 0.3) is 0 Å². The fraction of sp³-hybridized carbons (Fsp3) is 1.00. The summed E-state index contributed by atoms with van der Waals surface area (Å²) in [6, 6.07) is 0.955.